The van der Waals surface area contributed by atoms with Crippen molar-refractivity contribution in [2.45, 2.75) is 63.5 Å². The van der Waals surface area contributed by atoms with Crippen LogP contribution in [0.2, 0.25) is 0 Å². The third-order valence-corrected chi connectivity index (χ3v) is 12.0. The molecule has 2 aliphatic rings. The lowest BCUT2D eigenvalue weighted by Crippen LogP contribution is -2.46. The highest BCUT2D eigenvalue weighted by atomic mass is 32.2. The molecule has 4 unspecified atom stereocenters. The van der Waals surface area contributed by atoms with Crippen molar-refractivity contribution >= 4 is 69.1 Å². The van der Waals surface area contributed by atoms with Gasteiger partial charge in [0.15, 0.2) is 17.7 Å². The standard InChI is InChI=1S/C28H41FN7O17P3S/c1-28(2,22(39)25(40)32-7-6-18(37)31-8-9-57-27(41)15-4-3-5-16(29)10-15)12-50-56(47,48)53-55(45,46)49-11-17-21(52-54(42,43)44)20(38)26(51-17)36-14-35-19-23(30)33-13-34-24(19)36/h3-4,10,13-14,16-17,20-22,26,38-39H,5-9,11-12H2,1-2H3,(H,31,37)(H,32,40)(H,45,46)(H,47,48)(H2,30,33,34)(H2,42,43,44)/t16?,17-,20-,21-,22?,26-/m1/s1. The van der Waals surface area contributed by atoms with Gasteiger partial charge in [-0.05, 0) is 6.08 Å². The molecule has 2 amide bonds. The number of fused-ring (bicyclic) bond motifs is 1. The van der Waals surface area contributed by atoms with Gasteiger partial charge in [0.2, 0.25) is 16.9 Å². The number of hydrogen-bond donors (Lipinski definition) is 9. The molecule has 1 fully saturated rings. The van der Waals surface area contributed by atoms with E-state index in [0.717, 1.165) is 29.0 Å². The van der Waals surface area contributed by atoms with Crippen molar-refractivity contribution in [2.24, 2.45) is 5.41 Å². The summed E-state index contributed by atoms with van der Waals surface area (Å²) in [6, 6.07) is 0. The Bertz CT molecular complexity index is 2000. The summed E-state index contributed by atoms with van der Waals surface area (Å²) in [5, 5.41) is 25.9. The molecule has 2 aromatic rings. The Labute approximate surface area is 326 Å². The minimum absolute atomic E-state index is 0.0227. The van der Waals surface area contributed by atoms with Crippen LogP contribution in [0.25, 0.3) is 11.2 Å². The first-order valence-electron chi connectivity index (χ1n) is 16.6. The second-order valence-electron chi connectivity index (χ2n) is 13.0. The number of imidazole rings is 1. The molecule has 0 saturated carbocycles. The minimum Gasteiger partial charge on any atom is -0.386 e. The van der Waals surface area contributed by atoms with Gasteiger partial charge in [-0.1, -0.05) is 37.8 Å². The van der Waals surface area contributed by atoms with Crippen LogP contribution in [0, 0.1) is 5.41 Å². The normalized spacial score (nSPS) is 24.0. The van der Waals surface area contributed by atoms with Crippen LogP contribution >= 0.6 is 35.2 Å². The number of thioether (sulfide) groups is 1. The zero-order chi connectivity index (χ0) is 42.3. The maximum absolute atomic E-state index is 13.4. The average molecular weight is 892 g/mol. The van der Waals surface area contributed by atoms with Crippen molar-refractivity contribution in [3.8, 4) is 0 Å². The Morgan fingerprint density at radius 1 is 1.11 bits per heavy atom. The zero-order valence-electron chi connectivity index (χ0n) is 30.0. The van der Waals surface area contributed by atoms with Gasteiger partial charge in [0, 0.05) is 42.7 Å². The van der Waals surface area contributed by atoms with E-state index < -0.39 is 90.7 Å². The highest BCUT2D eigenvalue weighted by molar-refractivity contribution is 8.14. The van der Waals surface area contributed by atoms with Crippen LogP contribution in [-0.2, 0) is 50.7 Å². The van der Waals surface area contributed by atoms with Gasteiger partial charge in [0.1, 0.15) is 42.4 Å². The molecule has 10 N–H and O–H groups in total. The van der Waals surface area contributed by atoms with E-state index in [1.807, 2.05) is 0 Å². The smallest absolute Gasteiger partial charge is 0.386 e. The van der Waals surface area contributed by atoms with Crippen LogP contribution in [0.15, 0.2) is 36.5 Å². The van der Waals surface area contributed by atoms with Crippen LogP contribution in [0.4, 0.5) is 10.2 Å². The number of anilines is 1. The summed E-state index contributed by atoms with van der Waals surface area (Å²) in [6.45, 7) is 0.271. The number of allylic oxidation sites excluding steroid dienone is 3. The number of nitrogens with two attached hydrogens (primary N) is 1. The van der Waals surface area contributed by atoms with E-state index in [9.17, 15) is 62.3 Å². The largest absolute Gasteiger partial charge is 0.481 e. The number of aromatic nitrogens is 4. The monoisotopic (exact) mass is 891 g/mol. The highest BCUT2D eigenvalue weighted by Gasteiger charge is 2.50. The van der Waals surface area contributed by atoms with E-state index in [-0.39, 0.29) is 59.4 Å². The highest BCUT2D eigenvalue weighted by Crippen LogP contribution is 2.61. The lowest BCUT2D eigenvalue weighted by Gasteiger charge is -2.30. The summed E-state index contributed by atoms with van der Waals surface area (Å²) in [4.78, 5) is 87.7. The van der Waals surface area contributed by atoms with Gasteiger partial charge in [0.25, 0.3) is 0 Å². The van der Waals surface area contributed by atoms with Crippen molar-refractivity contribution in [1.82, 2.24) is 30.2 Å². The fraction of sp³-hybridized carbons (Fsp3) is 0.571. The molecule has 2 aromatic heterocycles. The number of nitrogens with zero attached hydrogens (tertiary/aromatic N) is 4. The summed E-state index contributed by atoms with van der Waals surface area (Å²) in [5.74, 6) is -1.35. The van der Waals surface area contributed by atoms with Crippen molar-refractivity contribution in [3.05, 3.63) is 36.5 Å². The van der Waals surface area contributed by atoms with Gasteiger partial charge in [-0.15, -0.1) is 0 Å². The summed E-state index contributed by atoms with van der Waals surface area (Å²) in [7, 11) is -16.4. The Balaban J connectivity index is 1.22. The van der Waals surface area contributed by atoms with E-state index >= 15 is 0 Å². The van der Waals surface area contributed by atoms with Crippen molar-refractivity contribution in [1.29, 1.82) is 0 Å². The lowest BCUT2D eigenvalue weighted by molar-refractivity contribution is -0.137. The number of rotatable bonds is 20. The van der Waals surface area contributed by atoms with Gasteiger partial charge < -0.3 is 50.9 Å². The maximum atomic E-state index is 13.4. The van der Waals surface area contributed by atoms with Crippen LogP contribution in [0.5, 0.6) is 0 Å². The van der Waals surface area contributed by atoms with E-state index in [2.05, 4.69) is 34.4 Å². The third kappa shape index (κ3) is 13.5. The topological polar surface area (TPSA) is 364 Å². The van der Waals surface area contributed by atoms with Crippen LogP contribution in [0.1, 0.15) is 32.9 Å². The molecule has 0 radical (unpaired) electrons. The molecule has 57 heavy (non-hydrogen) atoms. The number of ether oxygens (including phenoxy) is 1. The number of nitrogens with one attached hydrogen (secondary N) is 2. The van der Waals surface area contributed by atoms with Gasteiger partial charge in [-0.2, -0.15) is 4.31 Å². The number of aliphatic hydroxyl groups excluding tert-OH is 2. The van der Waals surface area contributed by atoms with Crippen LogP contribution in [0.3, 0.4) is 0 Å². The number of nitrogen functional groups attached to an aromatic ring is 1. The molecule has 0 bridgehead atoms. The molecule has 0 aromatic carbocycles. The van der Waals surface area contributed by atoms with E-state index in [0.29, 0.717) is 0 Å². The molecule has 3 heterocycles. The van der Waals surface area contributed by atoms with E-state index in [4.69, 9.17) is 19.5 Å². The molecular formula is C28H41FN7O17P3S. The first-order valence-corrected chi connectivity index (χ1v) is 22.1. The molecule has 318 valence electrons. The molecule has 0 spiro atoms. The molecule has 1 saturated heterocycles. The fourth-order valence-corrected chi connectivity index (χ4v) is 8.66. The Morgan fingerprint density at radius 2 is 1.81 bits per heavy atom. The van der Waals surface area contributed by atoms with Gasteiger partial charge >= 0.3 is 23.5 Å². The predicted octanol–water partition coefficient (Wildman–Crippen LogP) is -0.111. The van der Waals surface area contributed by atoms with Gasteiger partial charge in [-0.3, -0.25) is 32.5 Å². The number of aliphatic hydroxyl groups is 2. The third-order valence-electron chi connectivity index (χ3n) is 7.99. The number of amides is 2. The Morgan fingerprint density at radius 3 is 2.49 bits per heavy atom. The molecule has 8 atom stereocenters. The second kappa shape index (κ2) is 19.4. The number of carbonyl (C=O) groups is 3. The minimum atomic E-state index is -5.59. The maximum Gasteiger partial charge on any atom is 0.481 e. The van der Waals surface area contributed by atoms with E-state index in [1.54, 1.807) is 6.08 Å². The average Bonchev–Trinajstić information content (AvgIpc) is 3.68. The van der Waals surface area contributed by atoms with Gasteiger partial charge in [-0.25, -0.2) is 33.0 Å². The molecule has 29 heteroatoms. The lowest BCUT2D eigenvalue weighted by atomic mass is 9.87. The number of hydrogen-bond acceptors (Lipinski definition) is 18. The number of phosphoric acid groups is 3. The summed E-state index contributed by atoms with van der Waals surface area (Å²) < 4.78 is 75.5. The van der Waals surface area contributed by atoms with Crippen molar-refractivity contribution in [3.63, 3.8) is 0 Å². The number of alkyl halides is 1. The van der Waals surface area contributed by atoms with Gasteiger partial charge in [0.05, 0.1) is 19.5 Å². The number of carbonyl (C=O) groups excluding carboxylic acids is 3. The zero-order valence-corrected chi connectivity index (χ0v) is 33.5. The molecule has 4 rings (SSSR count). The molecule has 1 aliphatic heterocycles. The SMILES string of the molecule is CC(C)(COP(=O)(O)OP(=O)(O)OC[C@H]1O[C@@H](n2cnc3c(N)ncnc32)[C@H](O)[C@@H]1OP(=O)(O)O)C(O)C(=O)NCCC(=O)NCCSC(=O)C1=CC(F)CC=C1. The second-order valence-corrected chi connectivity index (χ2v) is 18.3. The summed E-state index contributed by atoms with van der Waals surface area (Å²) in [6.07, 6.45) is -3.78. The first kappa shape index (κ1) is 46.7. The Hall–Kier alpha value is -3.03. The molecule has 1 aliphatic carbocycles. The van der Waals surface area contributed by atoms with Crippen LogP contribution in [-0.4, -0.2) is 129 Å². The molecular weight excluding hydrogens is 850 g/mol. The summed E-state index contributed by atoms with van der Waals surface area (Å²) in [5.41, 5.74) is 4.45. The molecule has 24 nitrogen and oxygen atoms in total. The predicted molar refractivity (Wildman–Crippen MR) is 194 cm³/mol. The summed E-state index contributed by atoms with van der Waals surface area (Å²) >= 11 is 0.893. The Kier molecular flexibility index (Phi) is 15.8. The van der Waals surface area contributed by atoms with Crippen LogP contribution < -0.4 is 16.4 Å². The fourth-order valence-electron chi connectivity index (χ4n) is 5.14. The number of phosphoric ester groups is 3. The quantitative estimate of drug-likeness (QED) is 0.0618. The van der Waals surface area contributed by atoms with Crippen molar-refractivity contribution in [2.75, 3.05) is 37.8 Å². The first-order chi connectivity index (χ1) is 26.5. The number of halogens is 1. The van der Waals surface area contributed by atoms with E-state index in [1.165, 1.54) is 26.0 Å². The van der Waals surface area contributed by atoms with Crippen molar-refractivity contribution < 1.29 is 84.9 Å².